The molecule has 2 aromatic heterocycles. The maximum absolute atomic E-state index is 4.74. The summed E-state index contributed by atoms with van der Waals surface area (Å²) in [6.07, 6.45) is 4.91. The van der Waals surface area contributed by atoms with Gasteiger partial charge in [-0.3, -0.25) is 0 Å². The van der Waals surface area contributed by atoms with Gasteiger partial charge in [-0.25, -0.2) is 19.9 Å². The van der Waals surface area contributed by atoms with E-state index in [-0.39, 0.29) is 0 Å². The molecule has 0 aliphatic carbocycles. The molecule has 0 saturated carbocycles. The van der Waals surface area contributed by atoms with Crippen LogP contribution < -0.4 is 9.80 Å². The summed E-state index contributed by atoms with van der Waals surface area (Å²) in [6, 6.07) is 2.31. The van der Waals surface area contributed by atoms with Gasteiger partial charge in [0.25, 0.3) is 0 Å². The molecule has 1 fully saturated rings. The number of rotatable bonds is 4. The molecule has 2 aromatic rings. The monoisotopic (exact) mass is 344 g/mol. The van der Waals surface area contributed by atoms with E-state index >= 15 is 0 Å². The van der Waals surface area contributed by atoms with Crippen molar-refractivity contribution < 1.29 is 0 Å². The van der Waals surface area contributed by atoms with Gasteiger partial charge < -0.3 is 9.80 Å². The van der Waals surface area contributed by atoms with Crippen LogP contribution in [0.5, 0.6) is 0 Å². The first kappa shape index (κ1) is 17.0. The van der Waals surface area contributed by atoms with E-state index in [4.69, 9.17) is 4.98 Å². The highest BCUT2D eigenvalue weighted by Crippen LogP contribution is 2.28. The van der Waals surface area contributed by atoms with Crippen molar-refractivity contribution in [2.24, 2.45) is 0 Å². The van der Waals surface area contributed by atoms with Crippen molar-refractivity contribution in [3.8, 4) is 0 Å². The summed E-state index contributed by atoms with van der Waals surface area (Å²) in [4.78, 5) is 22.8. The van der Waals surface area contributed by atoms with Crippen molar-refractivity contribution in [2.75, 3.05) is 36.2 Å². The third-order valence-electron chi connectivity index (χ3n) is 4.63. The maximum atomic E-state index is 4.74. The number of aryl methyl sites for hydroxylation is 2. The van der Waals surface area contributed by atoms with Crippen molar-refractivity contribution in [3.63, 3.8) is 0 Å². The fraction of sp³-hybridized carbons (Fsp3) is 0.529. The molecule has 1 atom stereocenters. The van der Waals surface area contributed by atoms with Crippen LogP contribution in [0.3, 0.4) is 0 Å². The molecule has 0 aromatic carbocycles. The van der Waals surface area contributed by atoms with Crippen LogP contribution in [0, 0.1) is 20.8 Å². The normalized spacial score (nSPS) is 17.4. The van der Waals surface area contributed by atoms with Crippen molar-refractivity contribution in [2.45, 2.75) is 38.4 Å². The molecule has 1 unspecified atom stereocenters. The fourth-order valence-electron chi connectivity index (χ4n) is 3.01. The average Bonchev–Trinajstić information content (AvgIpc) is 3.06. The summed E-state index contributed by atoms with van der Waals surface area (Å²) < 4.78 is 0. The molecule has 0 radical (unpaired) electrons. The van der Waals surface area contributed by atoms with Crippen LogP contribution in [0.4, 0.5) is 11.8 Å². The molecule has 1 saturated heterocycles. The van der Waals surface area contributed by atoms with E-state index in [1.165, 1.54) is 5.56 Å². The predicted octanol–water partition coefficient (Wildman–Crippen LogP) is 2.63. The smallest absolute Gasteiger partial charge is 0.225 e. The second-order valence-corrected chi connectivity index (χ2v) is 7.02. The molecule has 3 heterocycles. The fourth-order valence-corrected chi connectivity index (χ4v) is 3.41. The first-order chi connectivity index (χ1) is 11.5. The van der Waals surface area contributed by atoms with E-state index in [0.717, 1.165) is 47.8 Å². The minimum atomic E-state index is 0.388. The Bertz CT molecular complexity index is 735. The van der Waals surface area contributed by atoms with Crippen LogP contribution in [0.25, 0.3) is 0 Å². The third kappa shape index (κ3) is 3.31. The van der Waals surface area contributed by atoms with E-state index in [9.17, 15) is 0 Å². The van der Waals surface area contributed by atoms with Crippen molar-refractivity contribution in [1.82, 2.24) is 19.9 Å². The number of aromatic nitrogens is 4. The lowest BCUT2D eigenvalue weighted by atomic mass is 10.2. The van der Waals surface area contributed by atoms with Crippen molar-refractivity contribution in [1.29, 1.82) is 0 Å². The molecule has 128 valence electrons. The lowest BCUT2D eigenvalue weighted by Crippen LogP contribution is -2.36. The zero-order chi connectivity index (χ0) is 17.3. The Balaban J connectivity index is 1.79. The Morgan fingerprint density at radius 2 is 2.00 bits per heavy atom. The van der Waals surface area contributed by atoms with Gasteiger partial charge in [-0.15, -0.1) is 0 Å². The van der Waals surface area contributed by atoms with Crippen LogP contribution in [-0.4, -0.2) is 52.4 Å². The molecule has 0 N–H and O–H groups in total. The predicted molar refractivity (Wildman–Crippen MR) is 99.1 cm³/mol. The SMILES string of the molecule is CSc1nc(C)c(C)c(N2CCC(N(C)c3nccc(C)n3)C2)n1. The number of anilines is 2. The summed E-state index contributed by atoms with van der Waals surface area (Å²) in [5.41, 5.74) is 3.22. The second-order valence-electron chi connectivity index (χ2n) is 6.24. The number of hydrogen-bond acceptors (Lipinski definition) is 7. The van der Waals surface area contributed by atoms with Gasteiger partial charge in [-0.2, -0.15) is 0 Å². The molecular weight excluding hydrogens is 320 g/mol. The molecule has 0 spiro atoms. The summed E-state index contributed by atoms with van der Waals surface area (Å²) in [7, 11) is 2.08. The molecule has 3 rings (SSSR count). The number of likely N-dealkylation sites (N-methyl/N-ethyl adjacent to an activating group) is 1. The largest absolute Gasteiger partial charge is 0.354 e. The Hall–Kier alpha value is -1.89. The van der Waals surface area contributed by atoms with Gasteiger partial charge in [0.15, 0.2) is 5.16 Å². The van der Waals surface area contributed by atoms with Gasteiger partial charge in [-0.05, 0) is 39.5 Å². The molecule has 24 heavy (non-hydrogen) atoms. The standard InChI is InChI=1S/C17H24N6S/c1-11-6-8-18-16(19-11)22(4)14-7-9-23(10-14)15-12(2)13(3)20-17(21-15)24-5/h6,8,14H,7,9-10H2,1-5H3. The molecule has 7 heteroatoms. The minimum Gasteiger partial charge on any atom is -0.354 e. The summed E-state index contributed by atoms with van der Waals surface area (Å²) in [5, 5.41) is 0.840. The van der Waals surface area contributed by atoms with Gasteiger partial charge in [0, 0.05) is 43.3 Å². The van der Waals surface area contributed by atoms with Crippen LogP contribution in [0.2, 0.25) is 0 Å². The Kier molecular flexibility index (Phi) is 4.89. The molecular formula is C17H24N6S. The zero-order valence-electron chi connectivity index (χ0n) is 14.9. The zero-order valence-corrected chi connectivity index (χ0v) is 15.8. The van der Waals surface area contributed by atoms with Crippen LogP contribution in [0.1, 0.15) is 23.4 Å². The summed E-state index contributed by atoms with van der Waals surface area (Å²) in [6.45, 7) is 8.08. The third-order valence-corrected chi connectivity index (χ3v) is 5.18. The lowest BCUT2D eigenvalue weighted by Gasteiger charge is -2.26. The average molecular weight is 344 g/mol. The van der Waals surface area contributed by atoms with Crippen LogP contribution >= 0.6 is 11.8 Å². The van der Waals surface area contributed by atoms with Gasteiger partial charge in [0.05, 0.1) is 6.04 Å². The molecule has 6 nitrogen and oxygen atoms in total. The van der Waals surface area contributed by atoms with Crippen molar-refractivity contribution >= 4 is 23.5 Å². The van der Waals surface area contributed by atoms with Crippen LogP contribution in [-0.2, 0) is 0 Å². The van der Waals surface area contributed by atoms with E-state index in [0.29, 0.717) is 6.04 Å². The highest BCUT2D eigenvalue weighted by atomic mass is 32.2. The molecule has 0 amide bonds. The van der Waals surface area contributed by atoms with Crippen LogP contribution in [0.15, 0.2) is 17.4 Å². The van der Waals surface area contributed by atoms with E-state index in [1.807, 2.05) is 25.4 Å². The van der Waals surface area contributed by atoms with Gasteiger partial charge in [0.1, 0.15) is 5.82 Å². The molecule has 1 aliphatic rings. The second kappa shape index (κ2) is 6.93. The van der Waals surface area contributed by atoms with E-state index < -0.39 is 0 Å². The molecule has 1 aliphatic heterocycles. The summed E-state index contributed by atoms with van der Waals surface area (Å²) in [5.74, 6) is 1.86. The van der Waals surface area contributed by atoms with Gasteiger partial charge in [-0.1, -0.05) is 11.8 Å². The Labute approximate surface area is 147 Å². The Morgan fingerprint density at radius 1 is 1.21 bits per heavy atom. The van der Waals surface area contributed by atoms with E-state index in [2.05, 4.69) is 45.6 Å². The summed E-state index contributed by atoms with van der Waals surface area (Å²) >= 11 is 1.59. The topological polar surface area (TPSA) is 58.0 Å². The quantitative estimate of drug-likeness (QED) is 0.624. The lowest BCUT2D eigenvalue weighted by molar-refractivity contribution is 0.672. The van der Waals surface area contributed by atoms with Crippen molar-refractivity contribution in [3.05, 3.63) is 29.2 Å². The Morgan fingerprint density at radius 3 is 2.71 bits per heavy atom. The highest BCUT2D eigenvalue weighted by molar-refractivity contribution is 7.98. The first-order valence-corrected chi connectivity index (χ1v) is 9.38. The minimum absolute atomic E-state index is 0.388. The number of nitrogens with zero attached hydrogens (tertiary/aromatic N) is 6. The molecule has 0 bridgehead atoms. The highest BCUT2D eigenvalue weighted by Gasteiger charge is 2.29. The van der Waals surface area contributed by atoms with Gasteiger partial charge >= 0.3 is 0 Å². The van der Waals surface area contributed by atoms with Gasteiger partial charge in [0.2, 0.25) is 5.95 Å². The number of thioether (sulfide) groups is 1. The first-order valence-electron chi connectivity index (χ1n) is 8.16. The maximum Gasteiger partial charge on any atom is 0.225 e. The van der Waals surface area contributed by atoms with E-state index in [1.54, 1.807) is 11.8 Å². The number of hydrogen-bond donors (Lipinski definition) is 0.